The summed E-state index contributed by atoms with van der Waals surface area (Å²) in [5.41, 5.74) is 9.20. The van der Waals surface area contributed by atoms with Crippen LogP contribution in [0.3, 0.4) is 0 Å². The highest BCUT2D eigenvalue weighted by Crippen LogP contribution is 2.39. The summed E-state index contributed by atoms with van der Waals surface area (Å²) < 4.78 is 16.3. The second-order valence-corrected chi connectivity index (χ2v) is 8.50. The van der Waals surface area contributed by atoms with Gasteiger partial charge in [-0.3, -0.25) is 14.3 Å². The Balaban J connectivity index is 1.62. The molecule has 7 nitrogen and oxygen atoms in total. The van der Waals surface area contributed by atoms with Gasteiger partial charge in [0, 0.05) is 36.3 Å². The number of halogens is 1. The first-order valence-electron chi connectivity index (χ1n) is 10.7. The quantitative estimate of drug-likeness (QED) is 0.635. The summed E-state index contributed by atoms with van der Waals surface area (Å²) in [5, 5.41) is 0. The maximum atomic E-state index is 14.4. The summed E-state index contributed by atoms with van der Waals surface area (Å²) in [6, 6.07) is 8.30. The molecule has 1 amide bonds. The minimum Gasteiger partial charge on any atom is -0.336 e. The van der Waals surface area contributed by atoms with Crippen molar-refractivity contribution >= 4 is 11.6 Å². The number of likely N-dealkylation sites (tertiary alicyclic amines) is 1. The predicted octanol–water partition coefficient (Wildman–Crippen LogP) is 3.98. The zero-order valence-corrected chi connectivity index (χ0v) is 17.8. The highest BCUT2D eigenvalue weighted by atomic mass is 19.1. The van der Waals surface area contributed by atoms with Gasteiger partial charge < -0.3 is 10.6 Å². The summed E-state index contributed by atoms with van der Waals surface area (Å²) in [4.78, 5) is 27.4. The van der Waals surface area contributed by atoms with Gasteiger partial charge in [-0.05, 0) is 44.4 Å². The molecule has 1 saturated carbocycles. The van der Waals surface area contributed by atoms with Gasteiger partial charge in [-0.2, -0.15) is 0 Å². The molecule has 2 aliphatic rings. The lowest BCUT2D eigenvalue weighted by Crippen LogP contribution is -2.32. The van der Waals surface area contributed by atoms with Gasteiger partial charge in [0.25, 0.3) is 5.91 Å². The van der Waals surface area contributed by atoms with E-state index in [1.165, 1.54) is 12.1 Å². The van der Waals surface area contributed by atoms with E-state index in [9.17, 15) is 9.18 Å². The van der Waals surface area contributed by atoms with E-state index in [0.717, 1.165) is 30.6 Å². The Bertz CT molecular complexity index is 1240. The fourth-order valence-electron chi connectivity index (χ4n) is 4.22. The highest BCUT2D eigenvalue weighted by molar-refractivity contribution is 5.94. The lowest BCUT2D eigenvalue weighted by atomic mass is 10.1. The Labute approximate surface area is 185 Å². The standard InChI is InChI=1S/C24H23FN6O/c1-14-22(24(32)30-10-9-17(26)13-30)29-23(16-5-7-21(27-2)19(25)11-16)31(14)18-6-8-20(28-12-18)15-3-4-15/h5-8,11-12,15,17H,3-4,9-10,13,26H2,1H3/t17-/m0/s1. The van der Waals surface area contributed by atoms with Crippen LogP contribution in [0.5, 0.6) is 0 Å². The molecule has 0 unspecified atom stereocenters. The molecule has 2 aromatic heterocycles. The SMILES string of the molecule is [C-]#[N+]c1ccc(-c2nc(C(=O)N3CC[C@H](N)C3)c(C)n2-c2ccc(C3CC3)nc2)cc1F. The molecule has 1 aliphatic carbocycles. The molecule has 2 N–H and O–H groups in total. The highest BCUT2D eigenvalue weighted by Gasteiger charge is 2.30. The molecule has 0 bridgehead atoms. The number of hydrogen-bond acceptors (Lipinski definition) is 4. The number of rotatable bonds is 4. The van der Waals surface area contributed by atoms with E-state index in [4.69, 9.17) is 12.3 Å². The molecule has 3 heterocycles. The Hall–Kier alpha value is -3.57. The second kappa shape index (κ2) is 7.84. The predicted molar refractivity (Wildman–Crippen MR) is 118 cm³/mol. The lowest BCUT2D eigenvalue weighted by molar-refractivity contribution is 0.0785. The van der Waals surface area contributed by atoms with Crippen LogP contribution in [0, 0.1) is 19.3 Å². The number of nitrogens with two attached hydrogens (primary N) is 1. The number of carbonyl (C=O) groups excluding carboxylic acids is 1. The van der Waals surface area contributed by atoms with E-state index in [1.807, 2.05) is 23.6 Å². The number of carbonyl (C=O) groups is 1. The van der Waals surface area contributed by atoms with E-state index < -0.39 is 5.82 Å². The van der Waals surface area contributed by atoms with Crippen LogP contribution in [-0.4, -0.2) is 44.5 Å². The number of pyridine rings is 1. The van der Waals surface area contributed by atoms with Crippen molar-refractivity contribution in [2.75, 3.05) is 13.1 Å². The third-order valence-electron chi connectivity index (χ3n) is 6.17. The van der Waals surface area contributed by atoms with E-state index in [-0.39, 0.29) is 17.6 Å². The maximum Gasteiger partial charge on any atom is 0.274 e. The van der Waals surface area contributed by atoms with Crippen molar-refractivity contribution in [3.8, 4) is 17.1 Å². The molecule has 2 fully saturated rings. The molecule has 1 atom stereocenters. The van der Waals surface area contributed by atoms with Crippen molar-refractivity contribution in [3.05, 3.63) is 70.8 Å². The van der Waals surface area contributed by atoms with Crippen LogP contribution < -0.4 is 5.73 Å². The average Bonchev–Trinajstić information content (AvgIpc) is 3.47. The molecule has 0 radical (unpaired) electrons. The Morgan fingerprint density at radius 1 is 1.25 bits per heavy atom. The minimum absolute atomic E-state index is 0.0322. The van der Waals surface area contributed by atoms with Crippen LogP contribution in [0.1, 0.15) is 47.1 Å². The van der Waals surface area contributed by atoms with E-state index in [2.05, 4.69) is 14.8 Å². The van der Waals surface area contributed by atoms with Crippen molar-refractivity contribution in [2.45, 2.75) is 38.1 Å². The first-order valence-corrected chi connectivity index (χ1v) is 10.7. The van der Waals surface area contributed by atoms with Gasteiger partial charge >= 0.3 is 0 Å². The van der Waals surface area contributed by atoms with Gasteiger partial charge in [0.2, 0.25) is 5.69 Å². The summed E-state index contributed by atoms with van der Waals surface area (Å²) in [6.07, 6.45) is 4.85. The Morgan fingerprint density at radius 3 is 2.66 bits per heavy atom. The number of amides is 1. The first kappa shape index (κ1) is 20.3. The summed E-state index contributed by atoms with van der Waals surface area (Å²) in [5.74, 6) is 0.159. The minimum atomic E-state index is -0.620. The monoisotopic (exact) mass is 430 g/mol. The third kappa shape index (κ3) is 3.55. The first-order chi connectivity index (χ1) is 15.5. The van der Waals surface area contributed by atoms with Crippen molar-refractivity contribution in [1.82, 2.24) is 19.4 Å². The molecule has 5 rings (SSSR count). The third-order valence-corrected chi connectivity index (χ3v) is 6.17. The zero-order valence-electron chi connectivity index (χ0n) is 17.8. The summed E-state index contributed by atoms with van der Waals surface area (Å²) >= 11 is 0. The molecular formula is C24H23FN6O. The number of hydrogen-bond donors (Lipinski definition) is 1. The smallest absolute Gasteiger partial charge is 0.274 e. The number of aromatic nitrogens is 3. The van der Waals surface area contributed by atoms with Gasteiger partial charge in [-0.1, -0.05) is 12.1 Å². The Morgan fingerprint density at radius 2 is 2.06 bits per heavy atom. The zero-order chi connectivity index (χ0) is 22.4. The van der Waals surface area contributed by atoms with Crippen LogP contribution in [0.4, 0.5) is 10.1 Å². The molecule has 32 heavy (non-hydrogen) atoms. The average molecular weight is 430 g/mol. The molecule has 1 aromatic carbocycles. The van der Waals surface area contributed by atoms with Crippen molar-refractivity contribution in [3.63, 3.8) is 0 Å². The van der Waals surface area contributed by atoms with Crippen LogP contribution in [0.15, 0.2) is 36.5 Å². The number of nitrogens with zero attached hydrogens (tertiary/aromatic N) is 5. The topological polar surface area (TPSA) is 81.4 Å². The summed E-state index contributed by atoms with van der Waals surface area (Å²) in [6.45, 7) is 10.0. The Kier molecular flexibility index (Phi) is 4.98. The van der Waals surface area contributed by atoms with Crippen LogP contribution in [0.25, 0.3) is 21.9 Å². The lowest BCUT2D eigenvalue weighted by Gasteiger charge is -2.15. The maximum absolute atomic E-state index is 14.4. The van der Waals surface area contributed by atoms with Crippen molar-refractivity contribution in [2.24, 2.45) is 5.73 Å². The van der Waals surface area contributed by atoms with Crippen molar-refractivity contribution in [1.29, 1.82) is 0 Å². The molecule has 1 saturated heterocycles. The van der Waals surface area contributed by atoms with Gasteiger partial charge in [0.15, 0.2) is 0 Å². The van der Waals surface area contributed by atoms with Gasteiger partial charge in [-0.15, -0.1) is 0 Å². The molecule has 162 valence electrons. The summed E-state index contributed by atoms with van der Waals surface area (Å²) in [7, 11) is 0. The molecule has 0 spiro atoms. The molecule has 8 heteroatoms. The number of imidazole rings is 1. The van der Waals surface area contributed by atoms with E-state index >= 15 is 0 Å². The fraction of sp³-hybridized carbons (Fsp3) is 0.333. The number of benzene rings is 1. The fourth-order valence-corrected chi connectivity index (χ4v) is 4.22. The van der Waals surface area contributed by atoms with Gasteiger partial charge in [0.05, 0.1) is 24.2 Å². The van der Waals surface area contributed by atoms with Gasteiger partial charge in [0.1, 0.15) is 17.3 Å². The van der Waals surface area contributed by atoms with Crippen LogP contribution in [0.2, 0.25) is 0 Å². The van der Waals surface area contributed by atoms with Crippen LogP contribution in [-0.2, 0) is 0 Å². The van der Waals surface area contributed by atoms with Crippen molar-refractivity contribution < 1.29 is 9.18 Å². The van der Waals surface area contributed by atoms with Gasteiger partial charge in [-0.25, -0.2) is 14.2 Å². The second-order valence-electron chi connectivity index (χ2n) is 8.50. The molecule has 1 aliphatic heterocycles. The molecule has 3 aromatic rings. The van der Waals surface area contributed by atoms with E-state index in [1.54, 1.807) is 17.2 Å². The molecular weight excluding hydrogens is 407 g/mol. The van der Waals surface area contributed by atoms with E-state index in [0.29, 0.717) is 41.8 Å². The normalized spacial score (nSPS) is 18.1. The van der Waals surface area contributed by atoms with Crippen LogP contribution >= 0.6 is 0 Å². The largest absolute Gasteiger partial charge is 0.336 e.